The van der Waals surface area contributed by atoms with E-state index < -0.39 is 5.60 Å². The summed E-state index contributed by atoms with van der Waals surface area (Å²) in [7, 11) is 0. The summed E-state index contributed by atoms with van der Waals surface area (Å²) in [4.78, 5) is 41.4. The van der Waals surface area contributed by atoms with Crippen LogP contribution in [0.25, 0.3) is 22.0 Å². The first-order valence-corrected chi connectivity index (χ1v) is 16.6. The molecule has 0 bridgehead atoms. The minimum absolute atomic E-state index is 0.0128. The van der Waals surface area contributed by atoms with Crippen LogP contribution >= 0.6 is 0 Å². The number of fused-ring (bicyclic) bond motifs is 1. The molecule has 4 aromatic rings. The van der Waals surface area contributed by atoms with Gasteiger partial charge in [-0.15, -0.1) is 0 Å². The molecule has 1 aliphatic heterocycles. The number of nitrogens with zero attached hydrogens (tertiary/aromatic N) is 4. The summed E-state index contributed by atoms with van der Waals surface area (Å²) < 4.78 is 12.2. The fraction of sp³-hybridized carbons (Fsp3) is 0.432. The Balaban J connectivity index is 1.22. The monoisotopic (exact) mass is 636 g/mol. The summed E-state index contributed by atoms with van der Waals surface area (Å²) in [5.41, 5.74) is 2.54. The average molecular weight is 637 g/mol. The van der Waals surface area contributed by atoms with Crippen molar-refractivity contribution in [2.75, 3.05) is 23.7 Å². The first-order valence-electron chi connectivity index (χ1n) is 16.6. The normalized spacial score (nSPS) is 19.8. The first kappa shape index (κ1) is 32.2. The number of rotatable bonds is 7. The number of benzene rings is 2. The van der Waals surface area contributed by atoms with E-state index in [1.807, 2.05) is 76.2 Å². The van der Waals surface area contributed by atoms with Crippen LogP contribution in [0.3, 0.4) is 0 Å². The van der Waals surface area contributed by atoms with Crippen molar-refractivity contribution in [3.8, 4) is 22.9 Å². The third kappa shape index (κ3) is 7.64. The molecule has 47 heavy (non-hydrogen) atoms. The number of amides is 2. The summed E-state index contributed by atoms with van der Waals surface area (Å²) >= 11 is 0. The highest BCUT2D eigenvalue weighted by molar-refractivity contribution is 6.05. The Hall–Kier alpha value is -4.73. The van der Waals surface area contributed by atoms with Gasteiger partial charge < -0.3 is 25.0 Å². The second-order valence-corrected chi connectivity index (χ2v) is 13.9. The van der Waals surface area contributed by atoms with Crippen LogP contribution in [-0.2, 0) is 9.53 Å². The number of carbonyl (C=O) groups is 2. The van der Waals surface area contributed by atoms with Gasteiger partial charge in [0.05, 0.1) is 11.3 Å². The summed E-state index contributed by atoms with van der Waals surface area (Å²) in [6.45, 7) is 11.0. The molecule has 246 valence electrons. The molecule has 3 atom stereocenters. The van der Waals surface area contributed by atoms with Crippen molar-refractivity contribution in [2.45, 2.75) is 78.4 Å². The Morgan fingerprint density at radius 2 is 1.81 bits per heavy atom. The number of carbonyl (C=O) groups excluding carboxylic acids is 2. The van der Waals surface area contributed by atoms with Crippen LogP contribution in [0.2, 0.25) is 0 Å². The van der Waals surface area contributed by atoms with E-state index in [2.05, 4.69) is 27.5 Å². The number of pyridine rings is 1. The highest BCUT2D eigenvalue weighted by Gasteiger charge is 2.29. The van der Waals surface area contributed by atoms with E-state index in [9.17, 15) is 9.59 Å². The van der Waals surface area contributed by atoms with E-state index >= 15 is 0 Å². The highest BCUT2D eigenvalue weighted by Crippen LogP contribution is 2.39. The molecule has 1 aliphatic carbocycles. The van der Waals surface area contributed by atoms with Gasteiger partial charge in [0.2, 0.25) is 17.7 Å². The van der Waals surface area contributed by atoms with Gasteiger partial charge in [0.15, 0.2) is 0 Å². The second-order valence-electron chi connectivity index (χ2n) is 13.9. The predicted molar refractivity (Wildman–Crippen MR) is 184 cm³/mol. The standard InChI is InChI=1S/C37H44N6O4/c1-23-13-15-25(21-23)33(44)41-30-12-6-10-28-27(30)16-14-24(2)32(28)46-34-29(11-7-18-38-34)31-17-19-39-35(42-31)40-26-9-8-20-43(22-26)36(45)47-37(3,4)5/h6-7,10-12,14,16-19,23,25-26H,8-9,13,15,20-22H2,1-5H3,(H,41,44)(H,39,40,42). The van der Waals surface area contributed by atoms with Gasteiger partial charge >= 0.3 is 6.09 Å². The third-order valence-electron chi connectivity index (χ3n) is 8.84. The summed E-state index contributed by atoms with van der Waals surface area (Å²) in [6, 6.07) is 15.5. The fourth-order valence-corrected chi connectivity index (χ4v) is 6.48. The van der Waals surface area contributed by atoms with Gasteiger partial charge in [-0.2, -0.15) is 0 Å². The molecular weight excluding hydrogens is 592 g/mol. The van der Waals surface area contributed by atoms with Crippen molar-refractivity contribution in [2.24, 2.45) is 11.8 Å². The van der Waals surface area contributed by atoms with Crippen molar-refractivity contribution in [3.05, 3.63) is 66.5 Å². The molecule has 2 aromatic heterocycles. The fourth-order valence-electron chi connectivity index (χ4n) is 6.48. The zero-order valence-electron chi connectivity index (χ0n) is 27.9. The molecule has 10 nitrogen and oxygen atoms in total. The number of anilines is 2. The Morgan fingerprint density at radius 3 is 2.60 bits per heavy atom. The zero-order valence-corrected chi connectivity index (χ0v) is 27.9. The molecule has 0 radical (unpaired) electrons. The number of hydrogen-bond donors (Lipinski definition) is 2. The molecule has 2 amide bonds. The second kappa shape index (κ2) is 13.6. The van der Waals surface area contributed by atoms with Crippen molar-refractivity contribution in [3.63, 3.8) is 0 Å². The van der Waals surface area contributed by atoms with Gasteiger partial charge in [-0.25, -0.2) is 19.7 Å². The van der Waals surface area contributed by atoms with E-state index in [4.69, 9.17) is 14.5 Å². The smallest absolute Gasteiger partial charge is 0.410 e. The average Bonchev–Trinajstić information content (AvgIpc) is 3.48. The van der Waals surface area contributed by atoms with E-state index in [1.165, 1.54) is 0 Å². The maximum Gasteiger partial charge on any atom is 0.410 e. The number of piperidine rings is 1. The van der Waals surface area contributed by atoms with Crippen molar-refractivity contribution < 1.29 is 19.1 Å². The number of aromatic nitrogens is 3. The molecule has 3 unspecified atom stereocenters. The molecule has 2 aromatic carbocycles. The third-order valence-corrected chi connectivity index (χ3v) is 8.84. The largest absolute Gasteiger partial charge is 0.444 e. The molecule has 0 spiro atoms. The van der Waals surface area contributed by atoms with E-state index in [0.29, 0.717) is 47.8 Å². The van der Waals surface area contributed by atoms with E-state index in [1.54, 1.807) is 17.3 Å². The van der Waals surface area contributed by atoms with Crippen LogP contribution in [0.1, 0.15) is 65.4 Å². The lowest BCUT2D eigenvalue weighted by Crippen LogP contribution is -2.47. The lowest BCUT2D eigenvalue weighted by atomic mass is 10.0. The van der Waals surface area contributed by atoms with Gasteiger partial charge in [0, 0.05) is 53.9 Å². The Morgan fingerprint density at radius 1 is 0.957 bits per heavy atom. The molecule has 10 heteroatoms. The van der Waals surface area contributed by atoms with Gasteiger partial charge in [-0.3, -0.25) is 4.79 Å². The van der Waals surface area contributed by atoms with Crippen LogP contribution in [-0.4, -0.2) is 56.6 Å². The van der Waals surface area contributed by atoms with Crippen LogP contribution < -0.4 is 15.4 Å². The number of hydrogen-bond acceptors (Lipinski definition) is 8. The molecule has 2 aliphatic rings. The van der Waals surface area contributed by atoms with Crippen molar-refractivity contribution >= 4 is 34.4 Å². The number of likely N-dealkylation sites (tertiary alicyclic amines) is 1. The zero-order chi connectivity index (χ0) is 33.1. The van der Waals surface area contributed by atoms with Gasteiger partial charge in [0.25, 0.3) is 0 Å². The predicted octanol–water partition coefficient (Wildman–Crippen LogP) is 7.98. The van der Waals surface area contributed by atoms with Gasteiger partial charge in [-0.1, -0.05) is 31.2 Å². The maximum absolute atomic E-state index is 13.1. The molecule has 3 heterocycles. The van der Waals surface area contributed by atoms with Crippen LogP contribution in [0.4, 0.5) is 16.4 Å². The lowest BCUT2D eigenvalue weighted by Gasteiger charge is -2.34. The molecule has 1 saturated heterocycles. The molecule has 2 fully saturated rings. The van der Waals surface area contributed by atoms with Gasteiger partial charge in [0.1, 0.15) is 11.4 Å². The summed E-state index contributed by atoms with van der Waals surface area (Å²) in [6.07, 6.45) is 7.78. The molecule has 1 saturated carbocycles. The molecule has 2 N–H and O–H groups in total. The molecule has 6 rings (SSSR count). The molecular formula is C37H44N6O4. The summed E-state index contributed by atoms with van der Waals surface area (Å²) in [5, 5.41) is 8.40. The van der Waals surface area contributed by atoms with E-state index in [0.717, 1.165) is 54.1 Å². The number of ether oxygens (including phenoxy) is 2. The quantitative estimate of drug-likeness (QED) is 0.210. The maximum atomic E-state index is 13.1. The summed E-state index contributed by atoms with van der Waals surface area (Å²) in [5.74, 6) is 2.26. The SMILES string of the molecule is Cc1ccc2c(NC(=O)C3CCC(C)C3)cccc2c1Oc1ncccc1-c1ccnc(NC2CCCN(C(=O)OC(C)(C)C)C2)n1. The minimum Gasteiger partial charge on any atom is -0.444 e. The number of nitrogens with one attached hydrogen (secondary N) is 2. The Kier molecular flexibility index (Phi) is 9.29. The highest BCUT2D eigenvalue weighted by atomic mass is 16.6. The van der Waals surface area contributed by atoms with Crippen molar-refractivity contribution in [1.82, 2.24) is 19.9 Å². The van der Waals surface area contributed by atoms with Crippen molar-refractivity contribution in [1.29, 1.82) is 0 Å². The van der Waals surface area contributed by atoms with Crippen LogP contribution in [0, 0.1) is 18.8 Å². The van der Waals surface area contributed by atoms with Crippen LogP contribution in [0.15, 0.2) is 60.9 Å². The van der Waals surface area contributed by atoms with Gasteiger partial charge in [-0.05, 0) is 95.5 Å². The Bertz CT molecular complexity index is 1770. The number of aryl methyl sites for hydroxylation is 1. The van der Waals surface area contributed by atoms with Crippen LogP contribution in [0.5, 0.6) is 11.6 Å². The lowest BCUT2D eigenvalue weighted by molar-refractivity contribution is -0.119. The van der Waals surface area contributed by atoms with E-state index in [-0.39, 0.29) is 24.0 Å². The topological polar surface area (TPSA) is 119 Å². The first-order chi connectivity index (χ1) is 22.5. The Labute approximate surface area is 276 Å². The minimum atomic E-state index is -0.547.